The van der Waals surface area contributed by atoms with Gasteiger partial charge in [-0.3, -0.25) is 14.9 Å². The number of aldehydes is 1. The minimum absolute atomic E-state index is 0.00942. The molecule has 1 aromatic rings. The summed E-state index contributed by atoms with van der Waals surface area (Å²) < 4.78 is 25.6. The van der Waals surface area contributed by atoms with E-state index in [9.17, 15) is 23.7 Å². The van der Waals surface area contributed by atoms with E-state index in [0.29, 0.717) is 6.07 Å². The van der Waals surface area contributed by atoms with Crippen molar-refractivity contribution in [1.82, 2.24) is 0 Å². The van der Waals surface area contributed by atoms with Gasteiger partial charge in [-0.1, -0.05) is 0 Å². The molecule has 0 amide bonds. The van der Waals surface area contributed by atoms with Crippen molar-refractivity contribution in [3.8, 4) is 0 Å². The van der Waals surface area contributed by atoms with Crippen molar-refractivity contribution in [1.29, 1.82) is 0 Å². The number of hydrogen-bond acceptors (Lipinski definition) is 3. The smallest absolute Gasteiger partial charge is 0.298 e. The maximum absolute atomic E-state index is 13.1. The Morgan fingerprint density at radius 1 is 1.50 bits per heavy atom. The van der Waals surface area contributed by atoms with E-state index in [0.717, 1.165) is 0 Å². The number of benzene rings is 1. The number of carbonyl (C=O) groups is 1. The summed E-state index contributed by atoms with van der Waals surface area (Å²) in [5.74, 6) is -2.40. The van der Waals surface area contributed by atoms with Crippen LogP contribution in [0.3, 0.4) is 0 Å². The molecule has 0 saturated heterocycles. The van der Waals surface area contributed by atoms with Crippen molar-refractivity contribution in [2.45, 2.75) is 0 Å². The molecule has 0 spiro atoms. The Morgan fingerprint density at radius 3 is 2.50 bits per heavy atom. The molecule has 0 aliphatic carbocycles. The zero-order chi connectivity index (χ0) is 10.9. The normalized spacial score (nSPS) is 9.93. The van der Waals surface area contributed by atoms with E-state index >= 15 is 0 Å². The highest BCUT2D eigenvalue weighted by atomic mass is 79.9. The number of hydrogen-bond donors (Lipinski definition) is 0. The largest absolute Gasteiger partial charge is 0.308 e. The van der Waals surface area contributed by atoms with Crippen molar-refractivity contribution in [3.63, 3.8) is 0 Å². The first-order chi connectivity index (χ1) is 6.49. The van der Waals surface area contributed by atoms with E-state index in [4.69, 9.17) is 0 Å². The van der Waals surface area contributed by atoms with E-state index in [1.165, 1.54) is 0 Å². The molecular formula is C7H2BrF2NO3. The molecule has 7 heteroatoms. The van der Waals surface area contributed by atoms with Crippen LogP contribution < -0.4 is 0 Å². The Bertz CT molecular complexity index is 422. The lowest BCUT2D eigenvalue weighted by Gasteiger charge is -2.00. The zero-order valence-corrected chi connectivity index (χ0v) is 8.05. The van der Waals surface area contributed by atoms with Gasteiger partial charge in [0.05, 0.1) is 21.0 Å². The molecule has 0 radical (unpaired) electrons. The topological polar surface area (TPSA) is 60.2 Å². The van der Waals surface area contributed by atoms with Crippen molar-refractivity contribution in [2.24, 2.45) is 0 Å². The van der Waals surface area contributed by atoms with E-state index in [1.54, 1.807) is 0 Å². The Morgan fingerprint density at radius 2 is 2.07 bits per heavy atom. The number of carbonyl (C=O) groups excluding carboxylic acids is 1. The Balaban J connectivity index is 3.58. The van der Waals surface area contributed by atoms with Gasteiger partial charge in [0.25, 0.3) is 0 Å². The number of rotatable bonds is 2. The lowest BCUT2D eigenvalue weighted by Crippen LogP contribution is -2.00. The van der Waals surface area contributed by atoms with Crippen molar-refractivity contribution in [3.05, 3.63) is 37.9 Å². The second kappa shape index (κ2) is 3.79. The Hall–Kier alpha value is -1.37. The van der Waals surface area contributed by atoms with Crippen LogP contribution in [-0.4, -0.2) is 11.2 Å². The molecule has 74 valence electrons. The van der Waals surface area contributed by atoms with Gasteiger partial charge in [-0.2, -0.15) is 4.39 Å². The summed E-state index contributed by atoms with van der Waals surface area (Å²) in [5.41, 5.74) is -1.76. The number of nitro groups is 1. The quantitative estimate of drug-likeness (QED) is 0.357. The standard InChI is InChI=1S/C7H2BrF2NO3/c8-6-3(2-12)7(10)5(11(13)14)1-4(6)9/h1-2H. The van der Waals surface area contributed by atoms with Gasteiger partial charge in [0, 0.05) is 0 Å². The van der Waals surface area contributed by atoms with Crippen molar-refractivity contribution < 1.29 is 18.5 Å². The summed E-state index contributed by atoms with van der Waals surface area (Å²) >= 11 is 2.61. The van der Waals surface area contributed by atoms with Crippen LogP contribution in [0.4, 0.5) is 14.5 Å². The van der Waals surface area contributed by atoms with Crippen molar-refractivity contribution in [2.75, 3.05) is 0 Å². The molecule has 0 atom stereocenters. The van der Waals surface area contributed by atoms with Crippen molar-refractivity contribution >= 4 is 27.9 Å². The number of nitrogens with zero attached hydrogens (tertiary/aromatic N) is 1. The molecule has 0 heterocycles. The molecule has 4 nitrogen and oxygen atoms in total. The maximum atomic E-state index is 13.1. The fraction of sp³-hybridized carbons (Fsp3) is 0. The summed E-state index contributed by atoms with van der Waals surface area (Å²) in [6, 6.07) is 0.409. The zero-order valence-electron chi connectivity index (χ0n) is 6.46. The lowest BCUT2D eigenvalue weighted by atomic mass is 10.2. The van der Waals surface area contributed by atoms with Crippen LogP contribution >= 0.6 is 15.9 Å². The molecule has 0 saturated carbocycles. The fourth-order valence-corrected chi connectivity index (χ4v) is 1.23. The first kappa shape index (κ1) is 10.7. The summed E-state index contributed by atoms with van der Waals surface area (Å²) in [7, 11) is 0. The third-order valence-electron chi connectivity index (χ3n) is 1.49. The van der Waals surface area contributed by atoms with Crippen LogP contribution in [0.15, 0.2) is 10.5 Å². The first-order valence-corrected chi connectivity index (χ1v) is 4.05. The molecule has 0 aliphatic heterocycles. The molecule has 0 unspecified atom stereocenters. The number of nitro benzene ring substituents is 1. The average molecular weight is 266 g/mol. The SMILES string of the molecule is O=Cc1c(F)c([N+](=O)[O-])cc(F)c1Br. The van der Waals surface area contributed by atoms with Gasteiger partial charge in [0.2, 0.25) is 5.82 Å². The Labute approximate surface area is 84.8 Å². The van der Waals surface area contributed by atoms with Crippen LogP contribution in [0.1, 0.15) is 10.4 Å². The van der Waals surface area contributed by atoms with E-state index < -0.39 is 32.3 Å². The second-order valence-corrected chi connectivity index (χ2v) is 3.09. The molecular weight excluding hydrogens is 264 g/mol. The predicted octanol–water partition coefficient (Wildman–Crippen LogP) is 2.45. The molecule has 14 heavy (non-hydrogen) atoms. The molecule has 0 bridgehead atoms. The predicted molar refractivity (Wildman–Crippen MR) is 46.1 cm³/mol. The lowest BCUT2D eigenvalue weighted by molar-refractivity contribution is -0.387. The minimum atomic E-state index is -1.35. The fourth-order valence-electron chi connectivity index (χ4n) is 0.846. The van der Waals surface area contributed by atoms with Crippen LogP contribution in [0.5, 0.6) is 0 Å². The Kier molecular flexibility index (Phi) is 2.90. The molecule has 1 rings (SSSR count). The third kappa shape index (κ3) is 1.63. The van der Waals surface area contributed by atoms with Gasteiger partial charge in [-0.05, 0) is 15.9 Å². The van der Waals surface area contributed by atoms with Crippen LogP contribution in [-0.2, 0) is 0 Å². The van der Waals surface area contributed by atoms with Gasteiger partial charge in [-0.15, -0.1) is 0 Å². The van der Waals surface area contributed by atoms with Gasteiger partial charge in [0.1, 0.15) is 5.82 Å². The van der Waals surface area contributed by atoms with Gasteiger partial charge in [-0.25, -0.2) is 4.39 Å². The molecule has 0 N–H and O–H groups in total. The van der Waals surface area contributed by atoms with Crippen LogP contribution in [0, 0.1) is 21.7 Å². The summed E-state index contributed by atoms with van der Waals surface area (Å²) in [4.78, 5) is 19.4. The molecule has 0 aromatic heterocycles. The third-order valence-corrected chi connectivity index (χ3v) is 2.29. The molecule has 1 aromatic carbocycles. The summed E-state index contributed by atoms with van der Waals surface area (Å²) in [6.07, 6.45) is 0.00942. The van der Waals surface area contributed by atoms with Crippen LogP contribution in [0.25, 0.3) is 0 Å². The second-order valence-electron chi connectivity index (χ2n) is 2.29. The monoisotopic (exact) mass is 265 g/mol. The first-order valence-electron chi connectivity index (χ1n) is 3.26. The average Bonchev–Trinajstić information content (AvgIpc) is 2.12. The van der Waals surface area contributed by atoms with Gasteiger partial charge in [0.15, 0.2) is 6.29 Å². The van der Waals surface area contributed by atoms with Gasteiger partial charge < -0.3 is 0 Å². The molecule has 0 aliphatic rings. The highest BCUT2D eigenvalue weighted by Crippen LogP contribution is 2.28. The van der Waals surface area contributed by atoms with Crippen LogP contribution in [0.2, 0.25) is 0 Å². The van der Waals surface area contributed by atoms with E-state index in [2.05, 4.69) is 15.9 Å². The highest BCUT2D eigenvalue weighted by molar-refractivity contribution is 9.10. The summed E-state index contributed by atoms with van der Waals surface area (Å²) in [5, 5.41) is 10.2. The number of halogens is 3. The molecule has 0 fully saturated rings. The minimum Gasteiger partial charge on any atom is -0.298 e. The summed E-state index contributed by atoms with van der Waals surface area (Å²) in [6.45, 7) is 0. The van der Waals surface area contributed by atoms with E-state index in [1.807, 2.05) is 0 Å². The maximum Gasteiger partial charge on any atom is 0.308 e. The highest BCUT2D eigenvalue weighted by Gasteiger charge is 2.23. The van der Waals surface area contributed by atoms with Gasteiger partial charge >= 0.3 is 5.69 Å². The van der Waals surface area contributed by atoms with E-state index in [-0.39, 0.29) is 6.29 Å².